The molecule has 17 heavy (non-hydrogen) atoms. The van der Waals surface area contributed by atoms with Crippen LogP contribution in [0.2, 0.25) is 0 Å². The maximum atomic E-state index is 11.5. The van der Waals surface area contributed by atoms with Crippen molar-refractivity contribution in [2.45, 2.75) is 6.42 Å². The fraction of sp³-hybridized carbons (Fsp3) is 0.250. The highest BCUT2D eigenvalue weighted by Gasteiger charge is 2.24. The summed E-state index contributed by atoms with van der Waals surface area (Å²) in [5.74, 6) is -0.210. The summed E-state index contributed by atoms with van der Waals surface area (Å²) in [6, 6.07) is 8.72. The lowest BCUT2D eigenvalue weighted by Crippen LogP contribution is -2.15. The van der Waals surface area contributed by atoms with Gasteiger partial charge in [-0.15, -0.1) is 0 Å². The number of sulfone groups is 1. The maximum absolute atomic E-state index is 11.5. The molecule has 1 heterocycles. The van der Waals surface area contributed by atoms with Gasteiger partial charge in [0.15, 0.2) is 9.84 Å². The van der Waals surface area contributed by atoms with Gasteiger partial charge in [0.2, 0.25) is 0 Å². The third-order valence-electron chi connectivity index (χ3n) is 2.41. The van der Waals surface area contributed by atoms with Crippen LogP contribution in [0.3, 0.4) is 0 Å². The molecule has 1 aliphatic heterocycles. The number of ether oxygens (including phenoxy) is 1. The van der Waals surface area contributed by atoms with Crippen molar-refractivity contribution < 1.29 is 17.9 Å². The van der Waals surface area contributed by atoms with E-state index in [4.69, 9.17) is 4.74 Å². The lowest BCUT2D eigenvalue weighted by Gasteiger charge is -2.06. The van der Waals surface area contributed by atoms with E-state index >= 15 is 0 Å². The Labute approximate surface area is 99.8 Å². The number of carbonyl (C=O) groups excluding carboxylic acids is 1. The second-order valence-corrected chi connectivity index (χ2v) is 5.84. The third-order valence-corrected chi connectivity index (χ3v) is 3.87. The van der Waals surface area contributed by atoms with Crippen molar-refractivity contribution >= 4 is 15.8 Å². The molecular formula is C12H12O4S. The topological polar surface area (TPSA) is 60.4 Å². The molecule has 4 nitrogen and oxygen atoms in total. The molecule has 0 saturated carbocycles. The quantitative estimate of drug-likeness (QED) is 0.604. The summed E-state index contributed by atoms with van der Waals surface area (Å²) in [4.78, 5) is 11.5. The third kappa shape index (κ3) is 3.42. The largest absolute Gasteiger partial charge is 0.427 e. The number of hydrogen-bond donors (Lipinski definition) is 0. The predicted octanol–water partition coefficient (Wildman–Crippen LogP) is 1.54. The average molecular weight is 252 g/mol. The van der Waals surface area contributed by atoms with Crippen LogP contribution in [-0.2, 0) is 14.6 Å². The van der Waals surface area contributed by atoms with Gasteiger partial charge in [-0.3, -0.25) is 4.79 Å². The van der Waals surface area contributed by atoms with E-state index in [0.29, 0.717) is 5.75 Å². The minimum Gasteiger partial charge on any atom is -0.427 e. The normalized spacial score (nSPS) is 21.3. The van der Waals surface area contributed by atoms with E-state index in [2.05, 4.69) is 0 Å². The van der Waals surface area contributed by atoms with Crippen molar-refractivity contribution in [1.82, 2.24) is 0 Å². The first kappa shape index (κ1) is 11.9. The molecule has 1 atom stereocenters. The Kier molecular flexibility index (Phi) is 3.28. The molecule has 0 bridgehead atoms. The second kappa shape index (κ2) is 4.71. The van der Waals surface area contributed by atoms with Crippen LogP contribution >= 0.6 is 0 Å². The smallest absolute Gasteiger partial charge is 0.311 e. The molecule has 0 fully saturated rings. The number of carbonyl (C=O) groups is 1. The van der Waals surface area contributed by atoms with Crippen molar-refractivity contribution in [3.8, 4) is 5.75 Å². The van der Waals surface area contributed by atoms with Crippen molar-refractivity contribution in [1.29, 1.82) is 0 Å². The van der Waals surface area contributed by atoms with Crippen LogP contribution in [0, 0.1) is 5.92 Å². The molecule has 0 amide bonds. The molecule has 0 aromatic heterocycles. The standard InChI is InChI=1S/C12H12O4S/c13-12(16-11-4-2-1-3-5-11)8-10-6-7-17(14,15)9-10/h1-7,10H,8-9H2/t10-/m0/s1. The molecule has 1 aromatic rings. The van der Waals surface area contributed by atoms with Crippen LogP contribution in [0.1, 0.15) is 6.42 Å². The summed E-state index contributed by atoms with van der Waals surface area (Å²) in [6.07, 6.45) is 1.63. The molecule has 0 aliphatic carbocycles. The molecule has 0 N–H and O–H groups in total. The second-order valence-electron chi connectivity index (χ2n) is 3.91. The van der Waals surface area contributed by atoms with Crippen molar-refractivity contribution in [3.63, 3.8) is 0 Å². The molecule has 0 unspecified atom stereocenters. The maximum Gasteiger partial charge on any atom is 0.311 e. The minimum absolute atomic E-state index is 0.00309. The predicted molar refractivity (Wildman–Crippen MR) is 63.1 cm³/mol. The lowest BCUT2D eigenvalue weighted by atomic mass is 10.1. The van der Waals surface area contributed by atoms with Gasteiger partial charge in [0.1, 0.15) is 5.75 Å². The summed E-state index contributed by atoms with van der Waals surface area (Å²) >= 11 is 0. The summed E-state index contributed by atoms with van der Waals surface area (Å²) in [5.41, 5.74) is 0. The van der Waals surface area contributed by atoms with Crippen LogP contribution in [0.15, 0.2) is 41.8 Å². The van der Waals surface area contributed by atoms with Crippen LogP contribution in [-0.4, -0.2) is 20.1 Å². The number of hydrogen-bond acceptors (Lipinski definition) is 4. The highest BCUT2D eigenvalue weighted by molar-refractivity contribution is 7.94. The van der Waals surface area contributed by atoms with Crippen molar-refractivity contribution in [2.24, 2.45) is 5.92 Å². The average Bonchev–Trinajstić information content (AvgIpc) is 2.59. The Morgan fingerprint density at radius 1 is 1.29 bits per heavy atom. The Hall–Kier alpha value is -1.62. The monoisotopic (exact) mass is 252 g/mol. The number of esters is 1. The highest BCUT2D eigenvalue weighted by atomic mass is 32.2. The first-order chi connectivity index (χ1) is 8.05. The SMILES string of the molecule is O=C(C[C@@H]1C=CS(=O)(=O)C1)Oc1ccccc1. The number of allylic oxidation sites excluding steroid dienone is 1. The van der Waals surface area contributed by atoms with E-state index in [-0.39, 0.29) is 18.1 Å². The van der Waals surface area contributed by atoms with E-state index in [1.165, 1.54) is 0 Å². The van der Waals surface area contributed by atoms with Gasteiger partial charge < -0.3 is 4.74 Å². The van der Waals surface area contributed by atoms with Gasteiger partial charge in [0, 0.05) is 11.3 Å². The Morgan fingerprint density at radius 3 is 2.59 bits per heavy atom. The Morgan fingerprint density at radius 2 is 2.00 bits per heavy atom. The lowest BCUT2D eigenvalue weighted by molar-refractivity contribution is -0.134. The summed E-state index contributed by atoms with van der Waals surface area (Å²) in [7, 11) is -3.10. The van der Waals surface area contributed by atoms with Gasteiger partial charge in [0.25, 0.3) is 0 Å². The van der Waals surface area contributed by atoms with Gasteiger partial charge in [-0.1, -0.05) is 24.3 Å². The molecule has 0 saturated heterocycles. The molecule has 5 heteroatoms. The molecule has 2 rings (SSSR count). The molecule has 1 aromatic carbocycles. The molecule has 1 aliphatic rings. The molecule has 90 valence electrons. The Bertz CT molecular complexity index is 531. The van der Waals surface area contributed by atoms with Gasteiger partial charge in [-0.25, -0.2) is 8.42 Å². The first-order valence-corrected chi connectivity index (χ1v) is 6.93. The zero-order valence-electron chi connectivity index (χ0n) is 9.07. The van der Waals surface area contributed by atoms with E-state index in [1.807, 2.05) is 6.07 Å². The fourth-order valence-corrected chi connectivity index (χ4v) is 3.04. The molecule has 0 spiro atoms. The summed E-state index contributed by atoms with van der Waals surface area (Å²) < 4.78 is 27.4. The number of para-hydroxylation sites is 1. The zero-order valence-corrected chi connectivity index (χ0v) is 9.89. The van der Waals surface area contributed by atoms with E-state index < -0.39 is 15.8 Å². The van der Waals surface area contributed by atoms with Crippen molar-refractivity contribution in [2.75, 3.05) is 5.75 Å². The van der Waals surface area contributed by atoms with Crippen molar-refractivity contribution in [3.05, 3.63) is 41.8 Å². The van der Waals surface area contributed by atoms with Gasteiger partial charge in [-0.05, 0) is 12.1 Å². The van der Waals surface area contributed by atoms with E-state index in [9.17, 15) is 13.2 Å². The first-order valence-electron chi connectivity index (χ1n) is 5.22. The van der Waals surface area contributed by atoms with Gasteiger partial charge in [-0.2, -0.15) is 0 Å². The fourth-order valence-electron chi connectivity index (χ4n) is 1.64. The van der Waals surface area contributed by atoms with Crippen LogP contribution in [0.5, 0.6) is 5.75 Å². The van der Waals surface area contributed by atoms with Crippen LogP contribution in [0.4, 0.5) is 0 Å². The van der Waals surface area contributed by atoms with E-state index in [0.717, 1.165) is 5.41 Å². The number of benzene rings is 1. The molecule has 0 radical (unpaired) electrons. The highest BCUT2D eigenvalue weighted by Crippen LogP contribution is 2.19. The zero-order chi connectivity index (χ0) is 12.3. The minimum atomic E-state index is -3.10. The molecular weight excluding hydrogens is 240 g/mol. The van der Waals surface area contributed by atoms with Crippen LogP contribution < -0.4 is 4.74 Å². The van der Waals surface area contributed by atoms with Gasteiger partial charge in [0.05, 0.1) is 12.2 Å². The summed E-state index contributed by atoms with van der Waals surface area (Å²) in [6.45, 7) is 0. The van der Waals surface area contributed by atoms with Crippen LogP contribution in [0.25, 0.3) is 0 Å². The number of rotatable bonds is 3. The summed E-state index contributed by atoms with van der Waals surface area (Å²) in [5, 5.41) is 1.16. The Balaban J connectivity index is 1.89. The van der Waals surface area contributed by atoms with Gasteiger partial charge >= 0.3 is 5.97 Å². The van der Waals surface area contributed by atoms with E-state index in [1.54, 1.807) is 30.3 Å².